The van der Waals surface area contributed by atoms with Gasteiger partial charge >= 0.3 is 0 Å². The lowest BCUT2D eigenvalue weighted by Crippen LogP contribution is -2.49. The number of hydrogen-bond acceptors (Lipinski definition) is 3. The molecule has 2 atom stereocenters. The minimum atomic E-state index is -0.424. The second kappa shape index (κ2) is 9.56. The molecule has 0 aromatic heterocycles. The van der Waals surface area contributed by atoms with E-state index in [1.807, 2.05) is 42.2 Å². The van der Waals surface area contributed by atoms with Gasteiger partial charge in [0.1, 0.15) is 6.10 Å². The summed E-state index contributed by atoms with van der Waals surface area (Å²) < 4.78 is 5.32. The van der Waals surface area contributed by atoms with Crippen molar-refractivity contribution >= 4 is 11.8 Å². The number of benzene rings is 1. The molecule has 1 N–H and O–H groups in total. The molecule has 1 heterocycles. The van der Waals surface area contributed by atoms with E-state index in [-0.39, 0.29) is 23.8 Å². The SMILES string of the molecule is CCO[C@H](C)C(=O)NC1CCN(C(=O)[C@@H](CC)c2ccccc2)CC1. The third kappa shape index (κ3) is 5.30. The predicted molar refractivity (Wildman–Crippen MR) is 98.3 cm³/mol. The van der Waals surface area contributed by atoms with Gasteiger partial charge in [0.05, 0.1) is 5.92 Å². The lowest BCUT2D eigenvalue weighted by Gasteiger charge is -2.35. The fourth-order valence-corrected chi connectivity index (χ4v) is 3.35. The van der Waals surface area contributed by atoms with E-state index in [4.69, 9.17) is 4.74 Å². The molecule has 0 aliphatic carbocycles. The molecule has 25 heavy (non-hydrogen) atoms. The molecule has 0 bridgehead atoms. The van der Waals surface area contributed by atoms with Gasteiger partial charge in [-0.3, -0.25) is 9.59 Å². The van der Waals surface area contributed by atoms with Crippen molar-refractivity contribution in [1.82, 2.24) is 10.2 Å². The average molecular weight is 346 g/mol. The zero-order valence-electron chi connectivity index (χ0n) is 15.5. The van der Waals surface area contributed by atoms with Crippen LogP contribution in [0.5, 0.6) is 0 Å². The first-order valence-corrected chi connectivity index (χ1v) is 9.32. The van der Waals surface area contributed by atoms with Crippen LogP contribution in [0.25, 0.3) is 0 Å². The van der Waals surface area contributed by atoms with Gasteiger partial charge in [-0.25, -0.2) is 0 Å². The van der Waals surface area contributed by atoms with Crippen LogP contribution in [-0.4, -0.2) is 48.6 Å². The van der Waals surface area contributed by atoms with E-state index in [1.54, 1.807) is 6.92 Å². The smallest absolute Gasteiger partial charge is 0.249 e. The molecule has 1 aliphatic heterocycles. The fraction of sp³-hybridized carbons (Fsp3) is 0.600. The Morgan fingerprint density at radius 2 is 1.84 bits per heavy atom. The van der Waals surface area contributed by atoms with Crippen molar-refractivity contribution in [2.24, 2.45) is 0 Å². The van der Waals surface area contributed by atoms with Crippen molar-refractivity contribution in [2.45, 2.75) is 58.1 Å². The summed E-state index contributed by atoms with van der Waals surface area (Å²) in [6.45, 7) is 7.61. The molecule has 0 saturated carbocycles. The Morgan fingerprint density at radius 3 is 2.40 bits per heavy atom. The van der Waals surface area contributed by atoms with Crippen molar-refractivity contribution < 1.29 is 14.3 Å². The van der Waals surface area contributed by atoms with Crippen molar-refractivity contribution in [1.29, 1.82) is 0 Å². The maximum atomic E-state index is 12.9. The molecule has 5 nitrogen and oxygen atoms in total. The third-order valence-corrected chi connectivity index (χ3v) is 4.85. The number of nitrogens with zero attached hydrogens (tertiary/aromatic N) is 1. The van der Waals surface area contributed by atoms with Crippen LogP contribution in [0.3, 0.4) is 0 Å². The Kier molecular flexibility index (Phi) is 7.44. The lowest BCUT2D eigenvalue weighted by atomic mass is 9.93. The number of nitrogens with one attached hydrogen (secondary N) is 1. The fourth-order valence-electron chi connectivity index (χ4n) is 3.35. The van der Waals surface area contributed by atoms with Gasteiger partial charge in [-0.15, -0.1) is 0 Å². The monoisotopic (exact) mass is 346 g/mol. The summed E-state index contributed by atoms with van der Waals surface area (Å²) in [6.07, 6.45) is 1.96. The summed E-state index contributed by atoms with van der Waals surface area (Å²) in [7, 11) is 0. The summed E-state index contributed by atoms with van der Waals surface area (Å²) in [4.78, 5) is 26.9. The molecule has 5 heteroatoms. The number of amides is 2. The summed E-state index contributed by atoms with van der Waals surface area (Å²) in [5.74, 6) is 0.0498. The Labute approximate surface area is 150 Å². The van der Waals surface area contributed by atoms with Crippen LogP contribution in [0.4, 0.5) is 0 Å². The van der Waals surface area contributed by atoms with E-state index in [0.717, 1.165) is 24.8 Å². The van der Waals surface area contributed by atoms with Crippen LogP contribution < -0.4 is 5.32 Å². The minimum Gasteiger partial charge on any atom is -0.369 e. The summed E-state index contributed by atoms with van der Waals surface area (Å²) in [5, 5.41) is 3.04. The molecule has 0 spiro atoms. The zero-order chi connectivity index (χ0) is 18.2. The molecular formula is C20H30N2O3. The molecule has 2 amide bonds. The quantitative estimate of drug-likeness (QED) is 0.826. The van der Waals surface area contributed by atoms with Crippen LogP contribution in [-0.2, 0) is 14.3 Å². The highest BCUT2D eigenvalue weighted by Gasteiger charge is 2.29. The molecule has 1 saturated heterocycles. The van der Waals surface area contributed by atoms with E-state index >= 15 is 0 Å². The molecule has 0 unspecified atom stereocenters. The van der Waals surface area contributed by atoms with E-state index in [1.165, 1.54) is 0 Å². The molecular weight excluding hydrogens is 316 g/mol. The first-order chi connectivity index (χ1) is 12.1. The highest BCUT2D eigenvalue weighted by molar-refractivity contribution is 5.84. The predicted octanol–water partition coefficient (Wildman–Crippen LogP) is 2.71. The molecule has 1 aliphatic rings. The summed E-state index contributed by atoms with van der Waals surface area (Å²) in [6, 6.07) is 10.1. The van der Waals surface area contributed by atoms with E-state index in [0.29, 0.717) is 19.7 Å². The number of likely N-dealkylation sites (tertiary alicyclic amines) is 1. The Hall–Kier alpha value is -1.88. The van der Waals surface area contributed by atoms with Crippen LogP contribution in [0.15, 0.2) is 30.3 Å². The van der Waals surface area contributed by atoms with Gasteiger partial charge in [0.25, 0.3) is 0 Å². The zero-order valence-corrected chi connectivity index (χ0v) is 15.5. The molecule has 1 aromatic rings. The van der Waals surface area contributed by atoms with Crippen molar-refractivity contribution in [3.8, 4) is 0 Å². The normalized spacial score (nSPS) is 17.8. The minimum absolute atomic E-state index is 0.0673. The second-order valence-corrected chi connectivity index (χ2v) is 6.58. The Bertz CT molecular complexity index is 553. The molecule has 1 fully saturated rings. The van der Waals surface area contributed by atoms with Crippen LogP contribution in [0, 0.1) is 0 Å². The van der Waals surface area contributed by atoms with Gasteiger partial charge in [-0.05, 0) is 38.7 Å². The van der Waals surface area contributed by atoms with Crippen molar-refractivity contribution in [3.63, 3.8) is 0 Å². The lowest BCUT2D eigenvalue weighted by molar-refractivity contribution is -0.135. The number of carbonyl (C=O) groups is 2. The number of rotatable bonds is 7. The average Bonchev–Trinajstić information content (AvgIpc) is 2.64. The number of piperidine rings is 1. The topological polar surface area (TPSA) is 58.6 Å². The molecule has 1 aromatic carbocycles. The van der Waals surface area contributed by atoms with Crippen LogP contribution >= 0.6 is 0 Å². The highest BCUT2D eigenvalue weighted by Crippen LogP contribution is 2.24. The number of hydrogen-bond donors (Lipinski definition) is 1. The van der Waals surface area contributed by atoms with Crippen LogP contribution in [0.2, 0.25) is 0 Å². The third-order valence-electron chi connectivity index (χ3n) is 4.85. The highest BCUT2D eigenvalue weighted by atomic mass is 16.5. The molecule has 0 radical (unpaired) electrons. The second-order valence-electron chi connectivity index (χ2n) is 6.58. The number of carbonyl (C=O) groups excluding carboxylic acids is 2. The van der Waals surface area contributed by atoms with Gasteiger partial charge < -0.3 is 15.0 Å². The number of ether oxygens (including phenoxy) is 1. The summed E-state index contributed by atoms with van der Waals surface area (Å²) >= 11 is 0. The van der Waals surface area contributed by atoms with Crippen LogP contribution in [0.1, 0.15) is 51.5 Å². The maximum Gasteiger partial charge on any atom is 0.249 e. The van der Waals surface area contributed by atoms with Gasteiger partial charge in [0.15, 0.2) is 0 Å². The molecule has 2 rings (SSSR count). The van der Waals surface area contributed by atoms with E-state index < -0.39 is 6.10 Å². The van der Waals surface area contributed by atoms with Gasteiger partial charge in [-0.2, -0.15) is 0 Å². The van der Waals surface area contributed by atoms with E-state index in [9.17, 15) is 9.59 Å². The van der Waals surface area contributed by atoms with Gasteiger partial charge in [-0.1, -0.05) is 37.3 Å². The van der Waals surface area contributed by atoms with Crippen molar-refractivity contribution in [3.05, 3.63) is 35.9 Å². The van der Waals surface area contributed by atoms with Crippen molar-refractivity contribution in [2.75, 3.05) is 19.7 Å². The largest absolute Gasteiger partial charge is 0.369 e. The molecule has 138 valence electrons. The first-order valence-electron chi connectivity index (χ1n) is 9.32. The summed E-state index contributed by atoms with van der Waals surface area (Å²) in [5.41, 5.74) is 1.08. The maximum absolute atomic E-state index is 12.9. The standard InChI is InChI=1S/C20H30N2O3/c1-4-18(16-9-7-6-8-10-16)20(24)22-13-11-17(12-14-22)21-19(23)15(3)25-5-2/h6-10,15,17-18H,4-5,11-14H2,1-3H3,(H,21,23)/t15-,18+/m1/s1. The Morgan fingerprint density at radius 1 is 1.20 bits per heavy atom. The van der Waals surface area contributed by atoms with Gasteiger partial charge in [0.2, 0.25) is 11.8 Å². The Balaban J connectivity index is 1.86. The van der Waals surface area contributed by atoms with E-state index in [2.05, 4.69) is 12.2 Å². The first kappa shape index (κ1) is 19.4. The van der Waals surface area contributed by atoms with Gasteiger partial charge in [0, 0.05) is 25.7 Å².